The lowest BCUT2D eigenvalue weighted by molar-refractivity contribution is 0.0953. The van der Waals surface area contributed by atoms with Crippen molar-refractivity contribution in [3.8, 4) is 5.75 Å². The molecule has 2 aromatic carbocycles. The van der Waals surface area contributed by atoms with Crippen molar-refractivity contribution in [1.29, 1.82) is 0 Å². The molecule has 0 unspecified atom stereocenters. The van der Waals surface area contributed by atoms with E-state index in [9.17, 15) is 27.5 Å². The average molecular weight is 472 g/mol. The second-order valence-corrected chi connectivity index (χ2v) is 7.81. The van der Waals surface area contributed by atoms with Crippen molar-refractivity contribution < 1.29 is 32.2 Å². The van der Waals surface area contributed by atoms with E-state index in [1.54, 1.807) is 19.2 Å². The minimum atomic E-state index is -1.07. The Balaban J connectivity index is 1.60. The van der Waals surface area contributed by atoms with Crippen LogP contribution in [0.25, 0.3) is 5.65 Å². The Morgan fingerprint density at radius 2 is 1.74 bits per heavy atom. The molecule has 9 heteroatoms. The summed E-state index contributed by atoms with van der Waals surface area (Å²) in [5.74, 6) is -4.27. The highest BCUT2D eigenvalue weighted by Crippen LogP contribution is 2.27. The van der Waals surface area contributed by atoms with Gasteiger partial charge in [0.05, 0.1) is 17.9 Å². The summed E-state index contributed by atoms with van der Waals surface area (Å²) in [4.78, 5) is 17.5. The van der Waals surface area contributed by atoms with E-state index in [1.165, 1.54) is 34.7 Å². The van der Waals surface area contributed by atoms with Crippen molar-refractivity contribution in [3.05, 3.63) is 101 Å². The smallest absolute Gasteiger partial charge is 0.182 e. The van der Waals surface area contributed by atoms with E-state index in [4.69, 9.17) is 4.74 Å². The number of aliphatic hydroxyl groups is 1. The number of carbonyl (C=O) groups is 1. The van der Waals surface area contributed by atoms with Crippen LogP contribution in [0.5, 0.6) is 5.75 Å². The standard InChI is InChI=1S/C25H20F4N2O3/c1-14-24(22(33)9-16(12-32)15-4-6-17(26)7-5-15)31-8-2-3-23(25(31)30-14)34-13-19-20(28)10-18(27)11-21(19)29/h2-8,10-11,16,32H,9,12-13H2,1H3/t16-/m0/s1. The van der Waals surface area contributed by atoms with Crippen LogP contribution in [-0.4, -0.2) is 26.9 Å². The number of aryl methyl sites for hydroxylation is 1. The number of rotatable bonds is 8. The van der Waals surface area contributed by atoms with Crippen molar-refractivity contribution >= 4 is 11.4 Å². The van der Waals surface area contributed by atoms with Crippen molar-refractivity contribution in [3.63, 3.8) is 0 Å². The monoisotopic (exact) mass is 472 g/mol. The molecule has 4 rings (SSSR count). The zero-order chi connectivity index (χ0) is 24.4. The van der Waals surface area contributed by atoms with Gasteiger partial charge in [-0.3, -0.25) is 9.20 Å². The van der Waals surface area contributed by atoms with E-state index in [0.29, 0.717) is 23.4 Å². The molecular formula is C25H20F4N2O3. The summed E-state index contributed by atoms with van der Waals surface area (Å²) in [6.45, 7) is 0.815. The molecule has 5 nitrogen and oxygen atoms in total. The molecule has 0 aliphatic carbocycles. The van der Waals surface area contributed by atoms with Crippen molar-refractivity contribution in [2.45, 2.75) is 25.9 Å². The molecule has 0 aliphatic heterocycles. The van der Waals surface area contributed by atoms with Crippen LogP contribution in [-0.2, 0) is 6.61 Å². The summed E-state index contributed by atoms with van der Waals surface area (Å²) in [6.07, 6.45) is 1.55. The fourth-order valence-corrected chi connectivity index (χ4v) is 3.81. The van der Waals surface area contributed by atoms with Gasteiger partial charge in [-0.15, -0.1) is 0 Å². The fraction of sp³-hybridized carbons (Fsp3) is 0.200. The molecule has 2 aromatic heterocycles. The highest BCUT2D eigenvalue weighted by atomic mass is 19.1. The molecule has 176 valence electrons. The predicted octanol–water partition coefficient (Wildman–Crippen LogP) is 5.13. The van der Waals surface area contributed by atoms with Gasteiger partial charge in [0.2, 0.25) is 0 Å². The van der Waals surface area contributed by atoms with Crippen LogP contribution < -0.4 is 4.74 Å². The van der Waals surface area contributed by atoms with E-state index < -0.39 is 41.4 Å². The highest BCUT2D eigenvalue weighted by molar-refractivity contribution is 5.97. The lowest BCUT2D eigenvalue weighted by Gasteiger charge is -2.14. The fourth-order valence-electron chi connectivity index (χ4n) is 3.81. The van der Waals surface area contributed by atoms with Crippen LogP contribution in [0.1, 0.15) is 39.6 Å². The number of hydrogen-bond donors (Lipinski definition) is 1. The summed E-state index contributed by atoms with van der Waals surface area (Å²) < 4.78 is 61.3. The Bertz CT molecular complexity index is 1330. The third-order valence-corrected chi connectivity index (χ3v) is 5.52. The molecule has 0 saturated heterocycles. The number of aromatic nitrogens is 2. The van der Waals surface area contributed by atoms with Gasteiger partial charge in [-0.25, -0.2) is 22.5 Å². The topological polar surface area (TPSA) is 63.8 Å². The summed E-state index contributed by atoms with van der Waals surface area (Å²) in [5, 5.41) is 9.79. The number of carbonyl (C=O) groups excluding carboxylic acids is 1. The van der Waals surface area contributed by atoms with Crippen LogP contribution in [0.3, 0.4) is 0 Å². The van der Waals surface area contributed by atoms with Gasteiger partial charge < -0.3 is 9.84 Å². The van der Waals surface area contributed by atoms with Crippen LogP contribution in [0.4, 0.5) is 17.6 Å². The lowest BCUT2D eigenvalue weighted by Crippen LogP contribution is -2.14. The highest BCUT2D eigenvalue weighted by Gasteiger charge is 2.23. The zero-order valence-corrected chi connectivity index (χ0v) is 18.1. The van der Waals surface area contributed by atoms with Gasteiger partial charge in [-0.2, -0.15) is 0 Å². The Morgan fingerprint density at radius 1 is 1.06 bits per heavy atom. The number of halogens is 4. The SMILES string of the molecule is Cc1nc2c(OCc3c(F)cc(F)cc3F)cccn2c1C(=O)C[C@@H](CO)c1ccc(F)cc1. The Kier molecular flexibility index (Phi) is 6.65. The van der Waals surface area contributed by atoms with Gasteiger partial charge in [-0.1, -0.05) is 12.1 Å². The number of hydrogen-bond acceptors (Lipinski definition) is 4. The van der Waals surface area contributed by atoms with Crippen molar-refractivity contribution in [1.82, 2.24) is 9.38 Å². The van der Waals surface area contributed by atoms with Crippen molar-refractivity contribution in [2.75, 3.05) is 6.61 Å². The molecule has 0 aliphatic rings. The molecule has 0 saturated carbocycles. The summed E-state index contributed by atoms with van der Waals surface area (Å²) in [6, 6.07) is 9.81. The first kappa shape index (κ1) is 23.4. The minimum absolute atomic E-state index is 0.0478. The first-order valence-electron chi connectivity index (χ1n) is 10.4. The molecule has 1 atom stereocenters. The maximum Gasteiger partial charge on any atom is 0.182 e. The first-order valence-corrected chi connectivity index (χ1v) is 10.4. The van der Waals surface area contributed by atoms with Gasteiger partial charge >= 0.3 is 0 Å². The summed E-state index contributed by atoms with van der Waals surface area (Å²) in [7, 11) is 0. The van der Waals surface area contributed by atoms with Crippen LogP contribution in [0, 0.1) is 30.2 Å². The van der Waals surface area contributed by atoms with E-state index in [2.05, 4.69) is 4.98 Å². The number of ether oxygens (including phenoxy) is 1. The van der Waals surface area contributed by atoms with E-state index in [-0.39, 0.29) is 35.9 Å². The normalized spacial score (nSPS) is 12.2. The molecular weight excluding hydrogens is 452 g/mol. The van der Waals surface area contributed by atoms with Crippen LogP contribution in [0.15, 0.2) is 54.7 Å². The third kappa shape index (κ3) is 4.65. The zero-order valence-electron chi connectivity index (χ0n) is 18.1. The van der Waals surface area contributed by atoms with Gasteiger partial charge in [-0.05, 0) is 36.8 Å². The Labute approximate surface area is 192 Å². The molecule has 0 amide bonds. The number of pyridine rings is 1. The van der Waals surface area contributed by atoms with Gasteiger partial charge in [0.1, 0.15) is 35.6 Å². The molecule has 1 N–H and O–H groups in total. The molecule has 0 fully saturated rings. The average Bonchev–Trinajstić information content (AvgIpc) is 3.14. The Morgan fingerprint density at radius 3 is 2.38 bits per heavy atom. The largest absolute Gasteiger partial charge is 0.485 e. The Hall–Kier alpha value is -3.72. The number of aliphatic hydroxyl groups excluding tert-OH is 1. The molecule has 0 radical (unpaired) electrons. The predicted molar refractivity (Wildman–Crippen MR) is 116 cm³/mol. The second kappa shape index (κ2) is 9.64. The molecule has 34 heavy (non-hydrogen) atoms. The number of ketones is 1. The quantitative estimate of drug-likeness (QED) is 0.285. The number of imidazole rings is 1. The van der Waals surface area contributed by atoms with Gasteiger partial charge in [0, 0.05) is 30.7 Å². The van der Waals surface area contributed by atoms with Gasteiger partial charge in [0.25, 0.3) is 0 Å². The maximum absolute atomic E-state index is 14.0. The molecule has 4 aromatic rings. The van der Waals surface area contributed by atoms with Crippen molar-refractivity contribution in [2.24, 2.45) is 0 Å². The second-order valence-electron chi connectivity index (χ2n) is 7.81. The summed E-state index contributed by atoms with van der Waals surface area (Å²) in [5.41, 5.74) is 1.11. The summed E-state index contributed by atoms with van der Waals surface area (Å²) >= 11 is 0. The van der Waals surface area contributed by atoms with Crippen LogP contribution >= 0.6 is 0 Å². The number of nitrogens with zero attached hydrogens (tertiary/aromatic N) is 2. The molecule has 0 spiro atoms. The van der Waals surface area contributed by atoms with E-state index in [1.807, 2.05) is 0 Å². The van der Waals surface area contributed by atoms with E-state index in [0.717, 1.165) is 0 Å². The van der Waals surface area contributed by atoms with Crippen LogP contribution in [0.2, 0.25) is 0 Å². The number of fused-ring (bicyclic) bond motifs is 1. The third-order valence-electron chi connectivity index (χ3n) is 5.52. The maximum atomic E-state index is 14.0. The first-order chi connectivity index (χ1) is 16.3. The molecule has 0 bridgehead atoms. The van der Waals surface area contributed by atoms with Gasteiger partial charge in [0.15, 0.2) is 17.2 Å². The minimum Gasteiger partial charge on any atom is -0.485 e. The number of benzene rings is 2. The van der Waals surface area contributed by atoms with E-state index >= 15 is 0 Å². The number of Topliss-reactive ketones (excluding diaryl/α,β-unsaturated/α-hetero) is 1. The lowest BCUT2D eigenvalue weighted by atomic mass is 9.93. The molecule has 2 heterocycles.